The van der Waals surface area contributed by atoms with Crippen molar-refractivity contribution in [1.82, 2.24) is 4.98 Å². The Hall–Kier alpha value is -2.30. The van der Waals surface area contributed by atoms with Gasteiger partial charge in [-0.25, -0.2) is 0 Å². The summed E-state index contributed by atoms with van der Waals surface area (Å²) in [4.78, 5) is 15.3. The number of unbranched alkanes of at least 4 members (excludes halogenated alkanes) is 3. The molecule has 0 N–H and O–H groups in total. The quantitative estimate of drug-likeness (QED) is 0.588. The number of carbonyl (C=O) groups is 1. The molecule has 128 valence electrons. The van der Waals surface area contributed by atoms with E-state index < -0.39 is 17.4 Å². The molecule has 1 aromatic carbocycles. The largest absolute Gasteiger partial charge is 0.494 e. The first-order valence-electron chi connectivity index (χ1n) is 8.11. The van der Waals surface area contributed by atoms with Crippen LogP contribution in [0.3, 0.4) is 0 Å². The number of hydrogen-bond acceptors (Lipinski definition) is 3. The van der Waals surface area contributed by atoms with Gasteiger partial charge in [0.05, 0.1) is 6.61 Å². The minimum atomic E-state index is -3.50. The van der Waals surface area contributed by atoms with Gasteiger partial charge in [-0.15, -0.1) is 0 Å². The number of pyridine rings is 1. The number of nitrogens with zero attached hydrogens (tertiary/aromatic N) is 1. The van der Waals surface area contributed by atoms with E-state index in [0.717, 1.165) is 25.0 Å². The highest BCUT2D eigenvalue weighted by Gasteiger charge is 2.40. The monoisotopic (exact) mass is 333 g/mol. The van der Waals surface area contributed by atoms with E-state index in [9.17, 15) is 13.6 Å². The molecule has 5 heteroatoms. The molecule has 2 rings (SSSR count). The first-order valence-corrected chi connectivity index (χ1v) is 8.11. The van der Waals surface area contributed by atoms with Crippen molar-refractivity contribution in [2.75, 3.05) is 6.61 Å². The lowest BCUT2D eigenvalue weighted by molar-refractivity contribution is -0.145. The van der Waals surface area contributed by atoms with Gasteiger partial charge in [0.25, 0.3) is 0 Å². The molecular formula is C19H21F2NO2. The van der Waals surface area contributed by atoms with E-state index in [1.165, 1.54) is 18.3 Å². The van der Waals surface area contributed by atoms with Gasteiger partial charge in [0.15, 0.2) is 0 Å². The Morgan fingerprint density at radius 2 is 1.67 bits per heavy atom. The Labute approximate surface area is 140 Å². The fourth-order valence-electron chi connectivity index (χ4n) is 2.30. The van der Waals surface area contributed by atoms with Crippen LogP contribution in [-0.4, -0.2) is 17.4 Å². The highest BCUT2D eigenvalue weighted by atomic mass is 19.3. The first kappa shape index (κ1) is 18.0. The molecule has 1 heterocycles. The Balaban J connectivity index is 1.61. The summed E-state index contributed by atoms with van der Waals surface area (Å²) in [5.74, 6) is -3.75. The standard InChI is InChI=1S/C19H21F2NO2/c20-19(21,17-12-7-8-14-22-17)18(23)13-6-1-2-9-15-24-16-10-4-3-5-11-16/h3-5,7-8,10-12,14H,1-2,6,9,13,15H2. The molecule has 0 radical (unpaired) electrons. The molecule has 0 saturated carbocycles. The minimum absolute atomic E-state index is 0.136. The Kier molecular flexibility index (Phi) is 6.85. The number of halogens is 2. The van der Waals surface area contributed by atoms with E-state index in [1.807, 2.05) is 30.3 Å². The van der Waals surface area contributed by atoms with Crippen molar-refractivity contribution < 1.29 is 18.3 Å². The van der Waals surface area contributed by atoms with Crippen molar-refractivity contribution in [3.8, 4) is 5.75 Å². The highest BCUT2D eigenvalue weighted by Crippen LogP contribution is 2.29. The second-order valence-electron chi connectivity index (χ2n) is 5.54. The molecule has 0 amide bonds. The SMILES string of the molecule is O=C(CCCCCCOc1ccccc1)C(F)(F)c1ccccn1. The van der Waals surface area contributed by atoms with E-state index in [4.69, 9.17) is 4.74 Å². The number of ketones is 1. The summed E-state index contributed by atoms with van der Waals surface area (Å²) >= 11 is 0. The average Bonchev–Trinajstić information content (AvgIpc) is 2.62. The van der Waals surface area contributed by atoms with Gasteiger partial charge in [-0.3, -0.25) is 9.78 Å². The summed E-state index contributed by atoms with van der Waals surface area (Å²) in [5.41, 5.74) is -0.480. The van der Waals surface area contributed by atoms with Gasteiger partial charge in [0.1, 0.15) is 11.4 Å². The highest BCUT2D eigenvalue weighted by molar-refractivity contribution is 5.86. The molecule has 0 spiro atoms. The maximum absolute atomic E-state index is 13.9. The number of ether oxygens (including phenoxy) is 1. The van der Waals surface area contributed by atoms with E-state index >= 15 is 0 Å². The summed E-state index contributed by atoms with van der Waals surface area (Å²) in [7, 11) is 0. The van der Waals surface area contributed by atoms with Crippen molar-refractivity contribution in [2.24, 2.45) is 0 Å². The summed E-state index contributed by atoms with van der Waals surface area (Å²) in [5, 5.41) is 0. The molecule has 0 bridgehead atoms. The number of aromatic nitrogens is 1. The van der Waals surface area contributed by atoms with E-state index in [1.54, 1.807) is 6.07 Å². The molecule has 0 unspecified atom stereocenters. The molecule has 0 aliphatic carbocycles. The third kappa shape index (κ3) is 5.41. The molecule has 0 atom stereocenters. The summed E-state index contributed by atoms with van der Waals surface area (Å²) in [6.07, 6.45) is 3.98. The van der Waals surface area contributed by atoms with Gasteiger partial charge in [-0.2, -0.15) is 8.78 Å². The maximum Gasteiger partial charge on any atom is 0.346 e. The van der Waals surface area contributed by atoms with Crippen LogP contribution in [0, 0.1) is 0 Å². The molecule has 0 aliphatic heterocycles. The van der Waals surface area contributed by atoms with Crippen LogP contribution < -0.4 is 4.74 Å². The number of hydrogen-bond donors (Lipinski definition) is 0. The normalized spacial score (nSPS) is 11.2. The molecule has 0 saturated heterocycles. The third-order valence-electron chi connectivity index (χ3n) is 3.65. The molecule has 24 heavy (non-hydrogen) atoms. The van der Waals surface area contributed by atoms with Crippen LogP contribution in [0.1, 0.15) is 37.8 Å². The minimum Gasteiger partial charge on any atom is -0.494 e. The van der Waals surface area contributed by atoms with Gasteiger partial charge < -0.3 is 4.74 Å². The van der Waals surface area contributed by atoms with Gasteiger partial charge in [-0.05, 0) is 37.1 Å². The van der Waals surface area contributed by atoms with Crippen molar-refractivity contribution in [2.45, 2.75) is 38.0 Å². The van der Waals surface area contributed by atoms with Crippen LogP contribution in [0.15, 0.2) is 54.7 Å². The van der Waals surface area contributed by atoms with Crippen molar-refractivity contribution in [3.05, 3.63) is 60.4 Å². The lowest BCUT2D eigenvalue weighted by atomic mass is 10.0. The molecule has 0 aliphatic rings. The van der Waals surface area contributed by atoms with E-state index in [2.05, 4.69) is 4.98 Å². The molecule has 2 aromatic rings. The molecule has 1 aromatic heterocycles. The average molecular weight is 333 g/mol. The number of carbonyl (C=O) groups excluding carboxylic acids is 1. The summed E-state index contributed by atoms with van der Waals surface area (Å²) < 4.78 is 33.4. The van der Waals surface area contributed by atoms with Crippen molar-refractivity contribution >= 4 is 5.78 Å². The summed E-state index contributed by atoms with van der Waals surface area (Å²) in [6.45, 7) is 0.585. The topological polar surface area (TPSA) is 39.2 Å². The van der Waals surface area contributed by atoms with E-state index in [-0.39, 0.29) is 6.42 Å². The van der Waals surface area contributed by atoms with Gasteiger partial charge >= 0.3 is 5.92 Å². The summed E-state index contributed by atoms with van der Waals surface area (Å²) in [6, 6.07) is 13.7. The maximum atomic E-state index is 13.9. The lowest BCUT2D eigenvalue weighted by Crippen LogP contribution is -2.26. The fourth-order valence-corrected chi connectivity index (χ4v) is 2.30. The molecule has 0 fully saturated rings. The van der Waals surface area contributed by atoms with Crippen LogP contribution in [-0.2, 0) is 10.7 Å². The zero-order chi connectivity index (χ0) is 17.3. The third-order valence-corrected chi connectivity index (χ3v) is 3.65. The van der Waals surface area contributed by atoms with Crippen molar-refractivity contribution in [3.63, 3.8) is 0 Å². The van der Waals surface area contributed by atoms with E-state index in [0.29, 0.717) is 13.0 Å². The van der Waals surface area contributed by atoms with Gasteiger partial charge in [0.2, 0.25) is 5.78 Å². The van der Waals surface area contributed by atoms with Gasteiger partial charge in [-0.1, -0.05) is 37.1 Å². The first-order chi connectivity index (χ1) is 11.6. The zero-order valence-corrected chi connectivity index (χ0v) is 13.5. The second kappa shape index (κ2) is 9.11. The lowest BCUT2D eigenvalue weighted by Gasteiger charge is -2.14. The zero-order valence-electron chi connectivity index (χ0n) is 13.5. The second-order valence-corrected chi connectivity index (χ2v) is 5.54. The smallest absolute Gasteiger partial charge is 0.346 e. The Morgan fingerprint density at radius 1 is 0.958 bits per heavy atom. The van der Waals surface area contributed by atoms with Gasteiger partial charge in [0, 0.05) is 12.6 Å². The Morgan fingerprint density at radius 3 is 2.38 bits per heavy atom. The number of Topliss-reactive ketones (excluding diaryl/α,β-unsaturated/α-hetero) is 1. The van der Waals surface area contributed by atoms with Crippen LogP contribution in [0.4, 0.5) is 8.78 Å². The van der Waals surface area contributed by atoms with Crippen LogP contribution in [0.5, 0.6) is 5.75 Å². The van der Waals surface area contributed by atoms with Crippen LogP contribution in [0.2, 0.25) is 0 Å². The van der Waals surface area contributed by atoms with Crippen LogP contribution >= 0.6 is 0 Å². The Bertz CT molecular complexity index is 618. The predicted octanol–water partition coefficient (Wildman–Crippen LogP) is 4.77. The molecular weight excluding hydrogens is 312 g/mol. The predicted molar refractivity (Wildman–Crippen MR) is 88.2 cm³/mol. The molecule has 3 nitrogen and oxygen atoms in total. The van der Waals surface area contributed by atoms with Crippen LogP contribution in [0.25, 0.3) is 0 Å². The number of alkyl halides is 2. The number of rotatable bonds is 10. The number of benzene rings is 1. The number of para-hydroxylation sites is 1. The van der Waals surface area contributed by atoms with Crippen molar-refractivity contribution in [1.29, 1.82) is 0 Å². The fraction of sp³-hybridized carbons (Fsp3) is 0.368.